The smallest absolute Gasteiger partial charge is 0.282 e. The summed E-state index contributed by atoms with van der Waals surface area (Å²) in [5.74, 6) is -2.31. The van der Waals surface area contributed by atoms with Gasteiger partial charge < -0.3 is 14.8 Å². The molecule has 0 aromatic heterocycles. The SMILES string of the molecule is CCOc1ccc(NC2=C(c3ccccc3)C(=O)N(c3ccc(F)cc3F)C2=O)cc1OCC. The van der Waals surface area contributed by atoms with Crippen LogP contribution in [-0.2, 0) is 9.59 Å². The molecule has 3 aromatic carbocycles. The number of halogens is 2. The zero-order chi connectivity index (χ0) is 24.2. The molecule has 0 aliphatic carbocycles. The molecule has 0 saturated carbocycles. The third-order valence-electron chi connectivity index (χ3n) is 5.11. The third kappa shape index (κ3) is 4.34. The second-order valence-electron chi connectivity index (χ2n) is 7.31. The van der Waals surface area contributed by atoms with Gasteiger partial charge in [-0.2, -0.15) is 0 Å². The standard InChI is InChI=1S/C26H22F2N2O4/c1-3-33-21-13-11-18(15-22(21)34-4-2)29-24-23(16-8-6-5-7-9-16)25(31)30(26(24)32)20-12-10-17(27)14-19(20)28/h5-15,29H,3-4H2,1-2H3. The summed E-state index contributed by atoms with van der Waals surface area (Å²) in [6.45, 7) is 4.53. The molecule has 0 spiro atoms. The molecular formula is C26H22F2N2O4. The summed E-state index contributed by atoms with van der Waals surface area (Å²) < 4.78 is 39.2. The Morgan fingerprint density at radius 3 is 2.21 bits per heavy atom. The molecule has 4 rings (SSSR count). The molecule has 6 nitrogen and oxygen atoms in total. The number of benzene rings is 3. The number of carbonyl (C=O) groups excluding carboxylic acids is 2. The highest BCUT2D eigenvalue weighted by Crippen LogP contribution is 2.37. The highest BCUT2D eigenvalue weighted by molar-refractivity contribution is 6.46. The summed E-state index contributed by atoms with van der Waals surface area (Å²) >= 11 is 0. The number of anilines is 2. The van der Waals surface area contributed by atoms with E-state index < -0.39 is 23.4 Å². The van der Waals surface area contributed by atoms with Crippen LogP contribution in [0.5, 0.6) is 11.5 Å². The first kappa shape index (κ1) is 23.0. The van der Waals surface area contributed by atoms with Gasteiger partial charge in [-0.05, 0) is 43.7 Å². The Morgan fingerprint density at radius 2 is 1.53 bits per heavy atom. The van der Waals surface area contributed by atoms with E-state index in [4.69, 9.17) is 9.47 Å². The quantitative estimate of drug-likeness (QED) is 0.467. The van der Waals surface area contributed by atoms with Crippen molar-refractivity contribution in [2.45, 2.75) is 13.8 Å². The molecule has 0 unspecified atom stereocenters. The molecule has 0 fully saturated rings. The van der Waals surface area contributed by atoms with E-state index in [2.05, 4.69) is 5.32 Å². The number of rotatable bonds is 8. The van der Waals surface area contributed by atoms with E-state index in [0.717, 1.165) is 12.1 Å². The Bertz CT molecular complexity index is 1280. The Labute approximate surface area is 195 Å². The first-order chi connectivity index (χ1) is 16.4. The predicted molar refractivity (Wildman–Crippen MR) is 125 cm³/mol. The minimum Gasteiger partial charge on any atom is -0.490 e. The zero-order valence-electron chi connectivity index (χ0n) is 18.6. The average Bonchev–Trinajstić information content (AvgIpc) is 3.06. The van der Waals surface area contributed by atoms with Crippen molar-refractivity contribution in [3.05, 3.63) is 89.6 Å². The largest absolute Gasteiger partial charge is 0.490 e. The predicted octanol–water partition coefficient (Wildman–Crippen LogP) is 5.16. The average molecular weight is 464 g/mol. The topological polar surface area (TPSA) is 67.9 Å². The van der Waals surface area contributed by atoms with E-state index in [-0.39, 0.29) is 17.0 Å². The van der Waals surface area contributed by atoms with Crippen LogP contribution in [0.2, 0.25) is 0 Å². The number of amides is 2. The van der Waals surface area contributed by atoms with Crippen molar-refractivity contribution in [1.82, 2.24) is 0 Å². The lowest BCUT2D eigenvalue weighted by molar-refractivity contribution is -0.120. The van der Waals surface area contributed by atoms with Gasteiger partial charge in [0.1, 0.15) is 17.3 Å². The van der Waals surface area contributed by atoms with Crippen LogP contribution < -0.4 is 19.7 Å². The molecule has 0 bridgehead atoms. The fourth-order valence-electron chi connectivity index (χ4n) is 3.67. The normalized spacial score (nSPS) is 13.5. The van der Waals surface area contributed by atoms with Crippen LogP contribution in [0.4, 0.5) is 20.2 Å². The van der Waals surface area contributed by atoms with Gasteiger partial charge >= 0.3 is 0 Å². The van der Waals surface area contributed by atoms with Crippen molar-refractivity contribution in [1.29, 1.82) is 0 Å². The number of carbonyl (C=O) groups is 2. The van der Waals surface area contributed by atoms with Crippen LogP contribution in [0, 0.1) is 11.6 Å². The monoisotopic (exact) mass is 464 g/mol. The van der Waals surface area contributed by atoms with E-state index in [0.29, 0.717) is 46.9 Å². The van der Waals surface area contributed by atoms with Gasteiger partial charge in [0.25, 0.3) is 11.8 Å². The highest BCUT2D eigenvalue weighted by atomic mass is 19.1. The van der Waals surface area contributed by atoms with E-state index in [1.54, 1.807) is 48.5 Å². The third-order valence-corrected chi connectivity index (χ3v) is 5.11. The molecule has 0 atom stereocenters. The zero-order valence-corrected chi connectivity index (χ0v) is 18.6. The molecule has 1 aliphatic heterocycles. The van der Waals surface area contributed by atoms with Crippen molar-refractivity contribution in [3.8, 4) is 11.5 Å². The lowest BCUT2D eigenvalue weighted by Gasteiger charge is -2.16. The minimum atomic E-state index is -1.02. The molecule has 2 amide bonds. The number of nitrogens with one attached hydrogen (secondary N) is 1. The Morgan fingerprint density at radius 1 is 0.824 bits per heavy atom. The summed E-state index contributed by atoms with van der Waals surface area (Å²) in [5, 5.41) is 3.00. The second-order valence-corrected chi connectivity index (χ2v) is 7.31. The molecule has 34 heavy (non-hydrogen) atoms. The maximum Gasteiger partial charge on any atom is 0.282 e. The first-order valence-corrected chi connectivity index (χ1v) is 10.7. The van der Waals surface area contributed by atoms with Crippen molar-refractivity contribution >= 4 is 28.8 Å². The number of nitrogens with zero attached hydrogens (tertiary/aromatic N) is 1. The molecule has 0 radical (unpaired) electrons. The number of imide groups is 1. The molecule has 174 valence electrons. The van der Waals surface area contributed by atoms with E-state index in [1.165, 1.54) is 0 Å². The van der Waals surface area contributed by atoms with Gasteiger partial charge in [-0.3, -0.25) is 9.59 Å². The second kappa shape index (κ2) is 9.74. The summed E-state index contributed by atoms with van der Waals surface area (Å²) in [7, 11) is 0. The minimum absolute atomic E-state index is 0.0356. The van der Waals surface area contributed by atoms with Crippen LogP contribution in [-0.4, -0.2) is 25.0 Å². The maximum atomic E-state index is 14.5. The number of ether oxygens (including phenoxy) is 2. The van der Waals surface area contributed by atoms with E-state index >= 15 is 0 Å². The molecule has 3 aromatic rings. The van der Waals surface area contributed by atoms with Crippen LogP contribution in [0.3, 0.4) is 0 Å². The Balaban J connectivity index is 1.79. The maximum absolute atomic E-state index is 14.5. The van der Waals surface area contributed by atoms with Crippen LogP contribution in [0.1, 0.15) is 19.4 Å². The van der Waals surface area contributed by atoms with Crippen molar-refractivity contribution in [3.63, 3.8) is 0 Å². The van der Waals surface area contributed by atoms with Gasteiger partial charge in [0, 0.05) is 17.8 Å². The number of hydrogen-bond donors (Lipinski definition) is 1. The van der Waals surface area contributed by atoms with Crippen molar-refractivity contribution in [2.24, 2.45) is 0 Å². The summed E-state index contributed by atoms with van der Waals surface area (Å²) in [5.41, 5.74) is 0.651. The molecule has 8 heteroatoms. The van der Waals surface area contributed by atoms with Crippen LogP contribution >= 0.6 is 0 Å². The highest BCUT2D eigenvalue weighted by Gasteiger charge is 2.41. The lowest BCUT2D eigenvalue weighted by atomic mass is 10.0. The Kier molecular flexibility index (Phi) is 6.58. The van der Waals surface area contributed by atoms with E-state index in [1.807, 2.05) is 13.8 Å². The molecule has 1 heterocycles. The summed E-state index contributed by atoms with van der Waals surface area (Å²) in [4.78, 5) is 27.5. The fourth-order valence-corrected chi connectivity index (χ4v) is 3.67. The van der Waals surface area contributed by atoms with Crippen molar-refractivity contribution < 1.29 is 27.8 Å². The fraction of sp³-hybridized carbons (Fsp3) is 0.154. The first-order valence-electron chi connectivity index (χ1n) is 10.7. The van der Waals surface area contributed by atoms with Gasteiger partial charge in [-0.25, -0.2) is 13.7 Å². The molecule has 0 saturated heterocycles. The van der Waals surface area contributed by atoms with Crippen LogP contribution in [0.25, 0.3) is 5.57 Å². The molecule has 1 N–H and O–H groups in total. The van der Waals surface area contributed by atoms with E-state index in [9.17, 15) is 18.4 Å². The summed E-state index contributed by atoms with van der Waals surface area (Å²) in [6.07, 6.45) is 0. The van der Waals surface area contributed by atoms with Gasteiger partial charge in [0.15, 0.2) is 11.5 Å². The van der Waals surface area contributed by atoms with Crippen molar-refractivity contribution in [2.75, 3.05) is 23.4 Å². The summed E-state index contributed by atoms with van der Waals surface area (Å²) in [6, 6.07) is 16.3. The lowest BCUT2D eigenvalue weighted by Crippen LogP contribution is -2.33. The van der Waals surface area contributed by atoms with Crippen LogP contribution in [0.15, 0.2) is 72.4 Å². The number of hydrogen-bond acceptors (Lipinski definition) is 5. The van der Waals surface area contributed by atoms with Gasteiger partial charge in [-0.15, -0.1) is 0 Å². The van der Waals surface area contributed by atoms with Gasteiger partial charge in [-0.1, -0.05) is 30.3 Å². The van der Waals surface area contributed by atoms with Gasteiger partial charge in [0.05, 0.1) is 24.5 Å². The Hall–Kier alpha value is -4.20. The molecule has 1 aliphatic rings. The van der Waals surface area contributed by atoms with Gasteiger partial charge in [0.2, 0.25) is 0 Å². The molecular weight excluding hydrogens is 442 g/mol.